The molecule has 11 heteroatoms. The minimum Gasteiger partial charge on any atom is -0.430 e. The van der Waals surface area contributed by atoms with Crippen molar-refractivity contribution in [3.8, 4) is 29.0 Å². The highest BCUT2D eigenvalue weighted by Crippen LogP contribution is 2.46. The second-order valence-electron chi connectivity index (χ2n) is 6.91. The van der Waals surface area contributed by atoms with Crippen molar-refractivity contribution in [3.05, 3.63) is 63.5 Å². The van der Waals surface area contributed by atoms with E-state index in [9.17, 15) is 18.9 Å². The first-order chi connectivity index (χ1) is 14.9. The lowest BCUT2D eigenvalue weighted by atomic mass is 10.1. The summed E-state index contributed by atoms with van der Waals surface area (Å²) in [6, 6.07) is 6.13. The van der Waals surface area contributed by atoms with Gasteiger partial charge in [0.25, 0.3) is 12.3 Å². The van der Waals surface area contributed by atoms with Crippen molar-refractivity contribution in [2.75, 3.05) is 0 Å². The monoisotopic (exact) mass is 424 g/mol. The Balaban J connectivity index is 1.81. The van der Waals surface area contributed by atoms with Gasteiger partial charge in [0.2, 0.25) is 0 Å². The molecule has 0 aromatic carbocycles. The van der Waals surface area contributed by atoms with E-state index in [-0.39, 0.29) is 28.9 Å². The maximum absolute atomic E-state index is 13.1. The topological polar surface area (TPSA) is 128 Å². The van der Waals surface area contributed by atoms with Gasteiger partial charge in [0, 0.05) is 29.9 Å². The summed E-state index contributed by atoms with van der Waals surface area (Å²) in [6.07, 6.45) is 1.48. The Morgan fingerprint density at radius 2 is 2.03 bits per heavy atom. The third-order valence-corrected chi connectivity index (χ3v) is 4.64. The number of hydrogen-bond acceptors (Lipinski definition) is 8. The van der Waals surface area contributed by atoms with E-state index in [1.54, 1.807) is 0 Å². The Bertz CT molecular complexity index is 1220. The highest BCUT2D eigenvalue weighted by atomic mass is 19.3. The second-order valence-corrected chi connectivity index (χ2v) is 6.91. The van der Waals surface area contributed by atoms with Crippen LogP contribution in [0.25, 0.3) is 11.3 Å². The van der Waals surface area contributed by atoms with Gasteiger partial charge in [0.15, 0.2) is 11.6 Å². The van der Waals surface area contributed by atoms with Crippen molar-refractivity contribution in [2.24, 2.45) is 0 Å². The number of aryl methyl sites for hydroxylation is 1. The number of alkyl halides is 2. The minimum absolute atomic E-state index is 0.0760. The highest BCUT2D eigenvalue weighted by molar-refractivity contribution is 5.63. The van der Waals surface area contributed by atoms with Crippen LogP contribution in [0.5, 0.6) is 11.6 Å². The molecule has 3 heterocycles. The summed E-state index contributed by atoms with van der Waals surface area (Å²) < 4.78 is 32.1. The fourth-order valence-corrected chi connectivity index (χ4v) is 3.01. The Hall–Kier alpha value is -4.07. The molecule has 0 spiro atoms. The SMILES string of the molecule is Cc1nc(C(F)F)nc(C2CC2)c1Oc1nc(-c2cncc(C#N)c2)ccc1[N+](=O)[O-]. The first-order valence-corrected chi connectivity index (χ1v) is 9.22. The second kappa shape index (κ2) is 7.98. The van der Waals surface area contributed by atoms with E-state index in [2.05, 4.69) is 19.9 Å². The predicted octanol–water partition coefficient (Wildman–Crippen LogP) is 4.63. The lowest BCUT2D eigenvalue weighted by Gasteiger charge is -2.14. The number of nitro groups is 1. The summed E-state index contributed by atoms with van der Waals surface area (Å²) in [4.78, 5) is 26.8. The molecule has 3 aromatic rings. The smallest absolute Gasteiger partial charge is 0.331 e. The number of rotatable bonds is 6. The summed E-state index contributed by atoms with van der Waals surface area (Å²) in [7, 11) is 0. The zero-order valence-corrected chi connectivity index (χ0v) is 16.1. The summed E-state index contributed by atoms with van der Waals surface area (Å²) >= 11 is 0. The van der Waals surface area contributed by atoms with E-state index >= 15 is 0 Å². The third kappa shape index (κ3) is 4.13. The fraction of sp³-hybridized carbons (Fsp3) is 0.250. The van der Waals surface area contributed by atoms with Gasteiger partial charge in [-0.3, -0.25) is 15.1 Å². The van der Waals surface area contributed by atoms with Crippen LogP contribution in [0.15, 0.2) is 30.6 Å². The average Bonchev–Trinajstić information content (AvgIpc) is 3.60. The number of ether oxygens (including phenoxy) is 1. The van der Waals surface area contributed by atoms with Crippen LogP contribution in [0, 0.1) is 28.4 Å². The molecule has 0 amide bonds. The van der Waals surface area contributed by atoms with Crippen molar-refractivity contribution in [3.63, 3.8) is 0 Å². The van der Waals surface area contributed by atoms with Gasteiger partial charge in [-0.2, -0.15) is 5.26 Å². The first-order valence-electron chi connectivity index (χ1n) is 9.22. The fourth-order valence-electron chi connectivity index (χ4n) is 3.01. The normalized spacial score (nSPS) is 13.1. The minimum atomic E-state index is -2.85. The van der Waals surface area contributed by atoms with E-state index in [4.69, 9.17) is 10.00 Å². The number of nitrogens with zero attached hydrogens (tertiary/aromatic N) is 6. The maximum Gasteiger partial charge on any atom is 0.331 e. The average molecular weight is 424 g/mol. The van der Waals surface area contributed by atoms with Crippen LogP contribution in [-0.2, 0) is 0 Å². The van der Waals surface area contributed by atoms with Crippen molar-refractivity contribution >= 4 is 5.69 Å². The number of pyridine rings is 2. The summed E-state index contributed by atoms with van der Waals surface area (Å²) in [5.74, 6) is -0.929. The van der Waals surface area contributed by atoms with E-state index in [1.165, 1.54) is 37.5 Å². The molecule has 0 radical (unpaired) electrons. The molecular formula is C20H14F2N6O3. The number of aromatic nitrogens is 4. The molecule has 0 aliphatic heterocycles. The molecule has 1 saturated carbocycles. The summed E-state index contributed by atoms with van der Waals surface area (Å²) in [6.45, 7) is 1.48. The van der Waals surface area contributed by atoms with Crippen molar-refractivity contribution < 1.29 is 18.4 Å². The molecule has 156 valence electrons. The quantitative estimate of drug-likeness (QED) is 0.414. The van der Waals surface area contributed by atoms with Crippen LogP contribution in [-0.4, -0.2) is 24.9 Å². The molecule has 0 saturated heterocycles. The third-order valence-electron chi connectivity index (χ3n) is 4.64. The van der Waals surface area contributed by atoms with Gasteiger partial charge >= 0.3 is 5.69 Å². The maximum atomic E-state index is 13.1. The van der Waals surface area contributed by atoms with Crippen LogP contribution >= 0.6 is 0 Å². The first kappa shape index (κ1) is 20.2. The van der Waals surface area contributed by atoms with Gasteiger partial charge in [-0.25, -0.2) is 23.7 Å². The molecule has 1 aliphatic rings. The molecule has 0 unspecified atom stereocenters. The highest BCUT2D eigenvalue weighted by Gasteiger charge is 2.33. The molecular weight excluding hydrogens is 410 g/mol. The van der Waals surface area contributed by atoms with Crippen LogP contribution in [0.2, 0.25) is 0 Å². The summed E-state index contributed by atoms with van der Waals surface area (Å²) in [5.41, 5.74) is 1.07. The van der Waals surface area contributed by atoms with Gasteiger partial charge < -0.3 is 4.74 Å². The number of halogens is 2. The van der Waals surface area contributed by atoms with Crippen molar-refractivity contribution in [1.82, 2.24) is 19.9 Å². The Morgan fingerprint density at radius 3 is 2.68 bits per heavy atom. The van der Waals surface area contributed by atoms with E-state index in [1.807, 2.05) is 6.07 Å². The van der Waals surface area contributed by atoms with Crippen LogP contribution in [0.4, 0.5) is 14.5 Å². The molecule has 31 heavy (non-hydrogen) atoms. The van der Waals surface area contributed by atoms with E-state index < -0.39 is 22.9 Å². The van der Waals surface area contributed by atoms with Gasteiger partial charge in [0.1, 0.15) is 6.07 Å². The largest absolute Gasteiger partial charge is 0.430 e. The van der Waals surface area contributed by atoms with E-state index in [0.29, 0.717) is 16.8 Å². The number of nitriles is 1. The van der Waals surface area contributed by atoms with E-state index in [0.717, 1.165) is 12.8 Å². The number of hydrogen-bond donors (Lipinski definition) is 0. The molecule has 4 rings (SSSR count). The zero-order chi connectivity index (χ0) is 22.1. The Kier molecular flexibility index (Phi) is 5.21. The standard InChI is InChI=1S/C20H14F2N6O3/c1-10-17(16(12-2-3-12)27-19(25-10)18(21)22)31-20-15(28(29)30)5-4-14(26-20)13-6-11(7-23)8-24-9-13/h4-6,8-9,12,18H,2-3H2,1H3. The van der Waals surface area contributed by atoms with Crippen LogP contribution < -0.4 is 4.74 Å². The lowest BCUT2D eigenvalue weighted by Crippen LogP contribution is -2.07. The van der Waals surface area contributed by atoms with Crippen LogP contribution in [0.3, 0.4) is 0 Å². The zero-order valence-electron chi connectivity index (χ0n) is 16.1. The van der Waals surface area contributed by atoms with Crippen molar-refractivity contribution in [2.45, 2.75) is 32.1 Å². The van der Waals surface area contributed by atoms with Gasteiger partial charge in [-0.1, -0.05) is 0 Å². The van der Waals surface area contributed by atoms with Gasteiger partial charge in [-0.05, 0) is 31.9 Å². The molecule has 0 N–H and O–H groups in total. The molecule has 1 aliphatic carbocycles. The lowest BCUT2D eigenvalue weighted by molar-refractivity contribution is -0.386. The summed E-state index contributed by atoms with van der Waals surface area (Å²) in [5, 5.41) is 20.6. The van der Waals surface area contributed by atoms with Gasteiger partial charge in [-0.15, -0.1) is 0 Å². The molecule has 3 aromatic heterocycles. The van der Waals surface area contributed by atoms with Crippen molar-refractivity contribution in [1.29, 1.82) is 5.26 Å². The molecule has 0 atom stereocenters. The molecule has 9 nitrogen and oxygen atoms in total. The van der Waals surface area contributed by atoms with Gasteiger partial charge in [0.05, 0.1) is 27.6 Å². The molecule has 1 fully saturated rings. The Morgan fingerprint density at radius 1 is 1.26 bits per heavy atom. The van der Waals surface area contributed by atoms with Crippen LogP contribution in [0.1, 0.15) is 48.0 Å². The molecule has 0 bridgehead atoms. The predicted molar refractivity (Wildman–Crippen MR) is 103 cm³/mol. The Labute approximate surface area is 174 Å².